The maximum absolute atomic E-state index is 13.0. The zero-order chi connectivity index (χ0) is 14.5. The number of thiophene rings is 1. The highest BCUT2D eigenvalue weighted by molar-refractivity contribution is 7.09. The van der Waals surface area contributed by atoms with E-state index in [4.69, 9.17) is 0 Å². The van der Waals surface area contributed by atoms with Gasteiger partial charge in [-0.25, -0.2) is 4.39 Å². The molecule has 1 atom stereocenters. The Morgan fingerprint density at radius 2 is 2.00 bits per heavy atom. The van der Waals surface area contributed by atoms with Gasteiger partial charge in [0.05, 0.1) is 0 Å². The maximum Gasteiger partial charge on any atom is 0.123 e. The second kappa shape index (κ2) is 7.19. The van der Waals surface area contributed by atoms with Crippen molar-refractivity contribution in [2.75, 3.05) is 6.54 Å². The molecule has 21 heavy (non-hydrogen) atoms. The summed E-state index contributed by atoms with van der Waals surface area (Å²) in [6.07, 6.45) is 6.03. The predicted octanol–water partition coefficient (Wildman–Crippen LogP) is 4.43. The molecular formula is C18H22FNS. The van der Waals surface area contributed by atoms with Gasteiger partial charge in [0.25, 0.3) is 0 Å². The van der Waals surface area contributed by atoms with Crippen LogP contribution in [0.15, 0.2) is 41.8 Å². The zero-order valence-corrected chi connectivity index (χ0v) is 13.0. The Bertz CT molecular complexity index is 531. The van der Waals surface area contributed by atoms with Crippen molar-refractivity contribution in [3.05, 3.63) is 58.0 Å². The van der Waals surface area contributed by atoms with Crippen LogP contribution in [0.2, 0.25) is 0 Å². The van der Waals surface area contributed by atoms with E-state index in [0.29, 0.717) is 5.92 Å². The first-order chi connectivity index (χ1) is 10.3. The van der Waals surface area contributed by atoms with Crippen LogP contribution in [-0.2, 0) is 12.8 Å². The Kier molecular flexibility index (Phi) is 5.04. The summed E-state index contributed by atoms with van der Waals surface area (Å²) >= 11 is 1.84. The molecule has 1 unspecified atom stereocenters. The monoisotopic (exact) mass is 303 g/mol. The number of hydrogen-bond donors (Lipinski definition) is 1. The van der Waals surface area contributed by atoms with Crippen LogP contribution in [0.4, 0.5) is 4.39 Å². The van der Waals surface area contributed by atoms with Crippen molar-refractivity contribution in [1.29, 1.82) is 0 Å². The Morgan fingerprint density at radius 3 is 2.67 bits per heavy atom. The van der Waals surface area contributed by atoms with Crippen LogP contribution in [-0.4, -0.2) is 12.6 Å². The van der Waals surface area contributed by atoms with Crippen LogP contribution >= 0.6 is 11.3 Å². The molecule has 0 radical (unpaired) electrons. The van der Waals surface area contributed by atoms with Crippen LogP contribution in [0.25, 0.3) is 0 Å². The standard InChI is InChI=1S/C18H22FNS/c19-16-6-3-14(4-7-16)12-15(13-20-17-8-9-17)5-10-18-2-1-11-21-18/h1-4,6-7,11,15,17,20H,5,8-10,12-13H2. The van der Waals surface area contributed by atoms with Crippen molar-refractivity contribution in [1.82, 2.24) is 5.32 Å². The fourth-order valence-electron chi connectivity index (χ4n) is 2.65. The van der Waals surface area contributed by atoms with Gasteiger partial charge < -0.3 is 5.32 Å². The van der Waals surface area contributed by atoms with E-state index >= 15 is 0 Å². The van der Waals surface area contributed by atoms with Crippen LogP contribution in [0.1, 0.15) is 29.7 Å². The lowest BCUT2D eigenvalue weighted by atomic mass is 9.94. The van der Waals surface area contributed by atoms with Crippen molar-refractivity contribution >= 4 is 11.3 Å². The SMILES string of the molecule is Fc1ccc(CC(CCc2cccs2)CNC2CC2)cc1. The second-order valence-electron chi connectivity index (χ2n) is 6.00. The van der Waals surface area contributed by atoms with E-state index in [9.17, 15) is 4.39 Å². The van der Waals surface area contributed by atoms with Gasteiger partial charge in [0.1, 0.15) is 5.82 Å². The zero-order valence-electron chi connectivity index (χ0n) is 12.2. The average Bonchev–Trinajstić information content (AvgIpc) is 3.18. The molecule has 0 aliphatic heterocycles. The molecule has 1 aromatic heterocycles. The smallest absolute Gasteiger partial charge is 0.123 e. The molecule has 1 heterocycles. The van der Waals surface area contributed by atoms with E-state index < -0.39 is 0 Å². The lowest BCUT2D eigenvalue weighted by Gasteiger charge is -2.17. The largest absolute Gasteiger partial charge is 0.314 e. The molecule has 1 N–H and O–H groups in total. The van der Waals surface area contributed by atoms with Gasteiger partial charge in [-0.05, 0) is 73.7 Å². The van der Waals surface area contributed by atoms with Gasteiger partial charge in [0, 0.05) is 10.9 Å². The summed E-state index contributed by atoms with van der Waals surface area (Å²) in [6, 6.07) is 12.1. The minimum atomic E-state index is -0.148. The maximum atomic E-state index is 13.0. The Balaban J connectivity index is 1.55. The highest BCUT2D eigenvalue weighted by Gasteiger charge is 2.22. The van der Waals surface area contributed by atoms with Crippen LogP contribution < -0.4 is 5.32 Å². The third kappa shape index (κ3) is 4.94. The van der Waals surface area contributed by atoms with Gasteiger partial charge >= 0.3 is 0 Å². The van der Waals surface area contributed by atoms with E-state index in [0.717, 1.165) is 25.4 Å². The highest BCUT2D eigenvalue weighted by Crippen LogP contribution is 2.22. The van der Waals surface area contributed by atoms with Crippen molar-refractivity contribution < 1.29 is 4.39 Å². The minimum Gasteiger partial charge on any atom is -0.314 e. The van der Waals surface area contributed by atoms with Crippen LogP contribution in [0.3, 0.4) is 0 Å². The Labute approximate surface area is 130 Å². The number of halogens is 1. The van der Waals surface area contributed by atoms with E-state index in [1.54, 1.807) is 12.1 Å². The second-order valence-corrected chi connectivity index (χ2v) is 7.03. The summed E-state index contributed by atoms with van der Waals surface area (Å²) in [4.78, 5) is 1.46. The number of aryl methyl sites for hydroxylation is 1. The van der Waals surface area contributed by atoms with E-state index in [-0.39, 0.29) is 5.82 Å². The third-order valence-corrected chi connectivity index (χ3v) is 5.03. The van der Waals surface area contributed by atoms with E-state index in [1.165, 1.54) is 29.7 Å². The summed E-state index contributed by atoms with van der Waals surface area (Å²) in [5.74, 6) is 0.475. The molecule has 0 bridgehead atoms. The summed E-state index contributed by atoms with van der Waals surface area (Å²) in [7, 11) is 0. The molecule has 1 aliphatic rings. The molecule has 2 aromatic rings. The normalized spacial score (nSPS) is 16.0. The van der Waals surface area contributed by atoms with Gasteiger partial charge in [-0.1, -0.05) is 18.2 Å². The van der Waals surface area contributed by atoms with E-state index in [2.05, 4.69) is 22.8 Å². The van der Waals surface area contributed by atoms with Gasteiger partial charge in [-0.3, -0.25) is 0 Å². The fourth-order valence-corrected chi connectivity index (χ4v) is 3.38. The number of hydrogen-bond acceptors (Lipinski definition) is 2. The molecule has 0 amide bonds. The van der Waals surface area contributed by atoms with Crippen molar-refractivity contribution in [2.24, 2.45) is 5.92 Å². The topological polar surface area (TPSA) is 12.0 Å². The first-order valence-corrected chi connectivity index (χ1v) is 8.68. The molecule has 1 aliphatic carbocycles. The molecular weight excluding hydrogens is 281 g/mol. The molecule has 1 fully saturated rings. The van der Waals surface area contributed by atoms with Gasteiger partial charge in [-0.15, -0.1) is 11.3 Å². The Morgan fingerprint density at radius 1 is 1.19 bits per heavy atom. The molecule has 1 saturated carbocycles. The summed E-state index contributed by atoms with van der Waals surface area (Å²) in [6.45, 7) is 1.08. The average molecular weight is 303 g/mol. The van der Waals surface area contributed by atoms with Crippen LogP contribution in [0.5, 0.6) is 0 Å². The molecule has 0 saturated heterocycles. The predicted molar refractivity (Wildman–Crippen MR) is 87.3 cm³/mol. The van der Waals surface area contributed by atoms with E-state index in [1.807, 2.05) is 23.5 Å². The van der Waals surface area contributed by atoms with Crippen molar-refractivity contribution in [3.63, 3.8) is 0 Å². The number of benzene rings is 1. The lowest BCUT2D eigenvalue weighted by Crippen LogP contribution is -2.26. The molecule has 1 aromatic carbocycles. The molecule has 1 nitrogen and oxygen atoms in total. The van der Waals surface area contributed by atoms with Crippen LogP contribution in [0, 0.1) is 11.7 Å². The quantitative estimate of drug-likeness (QED) is 0.760. The molecule has 3 rings (SSSR count). The summed E-state index contributed by atoms with van der Waals surface area (Å²) in [5.41, 5.74) is 1.24. The summed E-state index contributed by atoms with van der Waals surface area (Å²) in [5, 5.41) is 5.79. The fraction of sp³-hybridized carbons (Fsp3) is 0.444. The number of rotatable bonds is 8. The first-order valence-electron chi connectivity index (χ1n) is 7.80. The lowest BCUT2D eigenvalue weighted by molar-refractivity contribution is 0.442. The number of nitrogens with one attached hydrogen (secondary N) is 1. The summed E-state index contributed by atoms with van der Waals surface area (Å²) < 4.78 is 13.0. The highest BCUT2D eigenvalue weighted by atomic mass is 32.1. The Hall–Kier alpha value is -1.19. The minimum absolute atomic E-state index is 0.148. The molecule has 3 heteroatoms. The first kappa shape index (κ1) is 14.7. The molecule has 112 valence electrons. The van der Waals surface area contributed by atoms with Gasteiger partial charge in [0.15, 0.2) is 0 Å². The van der Waals surface area contributed by atoms with Crippen molar-refractivity contribution in [2.45, 2.75) is 38.1 Å². The third-order valence-electron chi connectivity index (χ3n) is 4.09. The van der Waals surface area contributed by atoms with Gasteiger partial charge in [-0.2, -0.15) is 0 Å². The van der Waals surface area contributed by atoms with Gasteiger partial charge in [0.2, 0.25) is 0 Å². The van der Waals surface area contributed by atoms with Crippen molar-refractivity contribution in [3.8, 4) is 0 Å². The molecule has 0 spiro atoms.